The number of hydrogen-bond donors (Lipinski definition) is 1. The van der Waals surface area contributed by atoms with Crippen molar-refractivity contribution in [3.8, 4) is 0 Å². The third-order valence-electron chi connectivity index (χ3n) is 3.87. The molecule has 0 unspecified atom stereocenters. The predicted octanol–water partition coefficient (Wildman–Crippen LogP) is 2.00. The van der Waals surface area contributed by atoms with Crippen molar-refractivity contribution in [2.45, 2.75) is 6.61 Å². The molecular formula is C17H19N3O2S. The van der Waals surface area contributed by atoms with Gasteiger partial charge in [-0.15, -0.1) is 11.3 Å². The molecular weight excluding hydrogens is 310 g/mol. The lowest BCUT2D eigenvalue weighted by atomic mass is 10.2. The molecule has 0 spiro atoms. The number of pyridine rings is 1. The van der Waals surface area contributed by atoms with E-state index >= 15 is 0 Å². The van der Waals surface area contributed by atoms with Crippen molar-refractivity contribution in [2.24, 2.45) is 0 Å². The van der Waals surface area contributed by atoms with E-state index in [0.717, 1.165) is 42.3 Å². The van der Waals surface area contributed by atoms with Crippen LogP contribution in [0.25, 0.3) is 6.08 Å². The van der Waals surface area contributed by atoms with Crippen LogP contribution in [0.5, 0.6) is 0 Å². The summed E-state index contributed by atoms with van der Waals surface area (Å²) < 4.78 is 0. The number of anilines is 1. The third kappa shape index (κ3) is 3.97. The van der Waals surface area contributed by atoms with Crippen molar-refractivity contribution >= 4 is 29.0 Å². The fourth-order valence-corrected chi connectivity index (χ4v) is 3.36. The highest BCUT2D eigenvalue weighted by Crippen LogP contribution is 2.17. The van der Waals surface area contributed by atoms with E-state index < -0.39 is 0 Å². The summed E-state index contributed by atoms with van der Waals surface area (Å²) in [6.07, 6.45) is 7.02. The van der Waals surface area contributed by atoms with Crippen LogP contribution in [0.2, 0.25) is 0 Å². The van der Waals surface area contributed by atoms with Crippen LogP contribution in [-0.4, -0.2) is 47.1 Å². The van der Waals surface area contributed by atoms with Gasteiger partial charge in [0.25, 0.3) is 0 Å². The molecule has 3 heterocycles. The van der Waals surface area contributed by atoms with Crippen LogP contribution in [0.4, 0.5) is 5.69 Å². The molecule has 2 aromatic heterocycles. The van der Waals surface area contributed by atoms with E-state index in [9.17, 15) is 4.79 Å². The van der Waals surface area contributed by atoms with Crippen molar-refractivity contribution < 1.29 is 9.90 Å². The Morgan fingerprint density at radius 3 is 2.65 bits per heavy atom. The number of aliphatic hydroxyl groups is 1. The van der Waals surface area contributed by atoms with E-state index in [-0.39, 0.29) is 12.5 Å². The molecule has 0 saturated carbocycles. The van der Waals surface area contributed by atoms with Gasteiger partial charge in [-0.1, -0.05) is 0 Å². The van der Waals surface area contributed by atoms with Gasteiger partial charge in [-0.25, -0.2) is 0 Å². The van der Waals surface area contributed by atoms with Crippen LogP contribution in [0.15, 0.2) is 42.0 Å². The molecule has 1 aliphatic rings. The number of carbonyl (C=O) groups excluding carboxylic acids is 1. The maximum atomic E-state index is 12.3. The maximum absolute atomic E-state index is 12.3. The van der Waals surface area contributed by atoms with Gasteiger partial charge in [0, 0.05) is 55.2 Å². The molecule has 120 valence electrons. The molecule has 0 radical (unpaired) electrons. The molecule has 23 heavy (non-hydrogen) atoms. The van der Waals surface area contributed by atoms with Gasteiger partial charge in [0.15, 0.2) is 0 Å². The standard InChI is InChI=1S/C17H19N3O2S/c21-12-14-11-16(23-13-14)1-2-17(22)20-9-7-19(8-10-20)15-3-5-18-6-4-15/h1-6,11,13,21H,7-10,12H2/b2-1+. The van der Waals surface area contributed by atoms with Gasteiger partial charge in [0.1, 0.15) is 0 Å². The average Bonchev–Trinajstić information content (AvgIpc) is 3.09. The number of nitrogens with zero attached hydrogens (tertiary/aromatic N) is 3. The van der Waals surface area contributed by atoms with Crippen molar-refractivity contribution in [3.05, 3.63) is 52.5 Å². The van der Waals surface area contributed by atoms with Crippen molar-refractivity contribution in [1.82, 2.24) is 9.88 Å². The minimum Gasteiger partial charge on any atom is -0.392 e. The Morgan fingerprint density at radius 1 is 1.26 bits per heavy atom. The second-order valence-electron chi connectivity index (χ2n) is 5.37. The van der Waals surface area contributed by atoms with Crippen LogP contribution in [0.1, 0.15) is 10.4 Å². The molecule has 5 nitrogen and oxygen atoms in total. The van der Waals surface area contributed by atoms with E-state index in [1.54, 1.807) is 18.5 Å². The first-order chi connectivity index (χ1) is 11.3. The largest absolute Gasteiger partial charge is 0.392 e. The Morgan fingerprint density at radius 2 is 2.00 bits per heavy atom. The SMILES string of the molecule is O=C(/C=C/c1cc(CO)cs1)N1CCN(c2ccncc2)CC1. The monoisotopic (exact) mass is 329 g/mol. The van der Waals surface area contributed by atoms with E-state index in [2.05, 4.69) is 9.88 Å². The number of carbonyl (C=O) groups is 1. The number of aromatic nitrogens is 1. The summed E-state index contributed by atoms with van der Waals surface area (Å²) in [6.45, 7) is 3.14. The Kier molecular flexibility index (Phi) is 5.05. The number of thiophene rings is 1. The fraction of sp³-hybridized carbons (Fsp3) is 0.294. The Bertz CT molecular complexity index is 676. The number of amides is 1. The molecule has 1 N–H and O–H groups in total. The van der Waals surface area contributed by atoms with E-state index in [0.29, 0.717) is 0 Å². The Labute approximate surface area is 139 Å². The number of hydrogen-bond acceptors (Lipinski definition) is 5. The quantitative estimate of drug-likeness (QED) is 0.872. The molecule has 1 amide bonds. The minimum absolute atomic E-state index is 0.0370. The Balaban J connectivity index is 1.54. The fourth-order valence-electron chi connectivity index (χ4n) is 2.56. The lowest BCUT2D eigenvalue weighted by Gasteiger charge is -2.35. The van der Waals surface area contributed by atoms with E-state index in [1.165, 1.54) is 11.3 Å². The number of rotatable bonds is 4. The van der Waals surface area contributed by atoms with E-state index in [1.807, 2.05) is 34.6 Å². The van der Waals surface area contributed by atoms with Gasteiger partial charge in [-0.05, 0) is 35.2 Å². The summed E-state index contributed by atoms with van der Waals surface area (Å²) in [7, 11) is 0. The summed E-state index contributed by atoms with van der Waals surface area (Å²) in [5.74, 6) is 0.0401. The summed E-state index contributed by atoms with van der Waals surface area (Å²) in [5.41, 5.74) is 2.03. The smallest absolute Gasteiger partial charge is 0.246 e. The normalized spacial score (nSPS) is 15.3. The lowest BCUT2D eigenvalue weighted by molar-refractivity contribution is -0.126. The highest BCUT2D eigenvalue weighted by atomic mass is 32.1. The van der Waals surface area contributed by atoms with Crippen LogP contribution in [-0.2, 0) is 11.4 Å². The van der Waals surface area contributed by atoms with Crippen LogP contribution >= 0.6 is 11.3 Å². The molecule has 1 fully saturated rings. The zero-order valence-corrected chi connectivity index (χ0v) is 13.6. The molecule has 0 aromatic carbocycles. The zero-order chi connectivity index (χ0) is 16.1. The van der Waals surface area contributed by atoms with Gasteiger partial charge in [-0.2, -0.15) is 0 Å². The number of aliphatic hydroxyl groups excluding tert-OH is 1. The molecule has 0 atom stereocenters. The zero-order valence-electron chi connectivity index (χ0n) is 12.8. The molecule has 3 rings (SSSR count). The molecule has 0 bridgehead atoms. The van der Waals surface area contributed by atoms with Gasteiger partial charge in [-0.3, -0.25) is 9.78 Å². The summed E-state index contributed by atoms with van der Waals surface area (Å²) >= 11 is 1.53. The highest BCUT2D eigenvalue weighted by Gasteiger charge is 2.19. The highest BCUT2D eigenvalue weighted by molar-refractivity contribution is 7.11. The first kappa shape index (κ1) is 15.7. The number of piperazine rings is 1. The van der Waals surface area contributed by atoms with Crippen molar-refractivity contribution in [3.63, 3.8) is 0 Å². The van der Waals surface area contributed by atoms with Crippen LogP contribution in [0.3, 0.4) is 0 Å². The molecule has 1 aliphatic heterocycles. The van der Waals surface area contributed by atoms with Crippen LogP contribution in [0, 0.1) is 0 Å². The molecule has 6 heteroatoms. The first-order valence-corrected chi connectivity index (χ1v) is 8.44. The average molecular weight is 329 g/mol. The maximum Gasteiger partial charge on any atom is 0.246 e. The van der Waals surface area contributed by atoms with Gasteiger partial charge < -0.3 is 14.9 Å². The second kappa shape index (κ2) is 7.39. The van der Waals surface area contributed by atoms with Crippen LogP contribution < -0.4 is 4.90 Å². The topological polar surface area (TPSA) is 56.7 Å². The van der Waals surface area contributed by atoms with Gasteiger partial charge in [0.2, 0.25) is 5.91 Å². The van der Waals surface area contributed by atoms with E-state index in [4.69, 9.17) is 5.11 Å². The second-order valence-corrected chi connectivity index (χ2v) is 6.31. The lowest BCUT2D eigenvalue weighted by Crippen LogP contribution is -2.48. The minimum atomic E-state index is 0.0370. The van der Waals surface area contributed by atoms with Gasteiger partial charge in [0.05, 0.1) is 6.61 Å². The molecule has 1 saturated heterocycles. The third-order valence-corrected chi connectivity index (χ3v) is 4.81. The van der Waals surface area contributed by atoms with Crippen molar-refractivity contribution in [1.29, 1.82) is 0 Å². The molecule has 0 aliphatic carbocycles. The van der Waals surface area contributed by atoms with Crippen molar-refractivity contribution in [2.75, 3.05) is 31.1 Å². The Hall–Kier alpha value is -2.18. The summed E-state index contributed by atoms with van der Waals surface area (Å²) in [5, 5.41) is 11.0. The van der Waals surface area contributed by atoms with Gasteiger partial charge >= 0.3 is 0 Å². The molecule has 2 aromatic rings. The first-order valence-electron chi connectivity index (χ1n) is 7.56. The summed E-state index contributed by atoms with van der Waals surface area (Å²) in [6, 6.07) is 5.88. The predicted molar refractivity (Wildman–Crippen MR) is 92.3 cm³/mol. The summed E-state index contributed by atoms with van der Waals surface area (Å²) in [4.78, 5) is 21.4.